The van der Waals surface area contributed by atoms with Crippen LogP contribution >= 0.6 is 11.6 Å². The van der Waals surface area contributed by atoms with Gasteiger partial charge in [0.2, 0.25) is 0 Å². The minimum atomic E-state index is -1.42. The highest BCUT2D eigenvalue weighted by Gasteiger charge is 2.53. The van der Waals surface area contributed by atoms with Crippen molar-refractivity contribution in [2.75, 3.05) is 14.2 Å². The first-order chi connectivity index (χ1) is 10.1. The molecule has 21 heavy (non-hydrogen) atoms. The number of rotatable bonds is 3. The molecule has 0 spiro atoms. The van der Waals surface area contributed by atoms with E-state index in [1.807, 2.05) is 24.3 Å². The fraction of sp³-hybridized carbons (Fsp3) is 0.375. The summed E-state index contributed by atoms with van der Waals surface area (Å²) < 4.78 is 9.97. The minimum absolute atomic E-state index is 0.447. The van der Waals surface area contributed by atoms with Crippen molar-refractivity contribution in [1.82, 2.24) is 0 Å². The van der Waals surface area contributed by atoms with Gasteiger partial charge in [-0.25, -0.2) is 0 Å². The van der Waals surface area contributed by atoms with Crippen LogP contribution in [0.5, 0.6) is 5.75 Å². The summed E-state index contributed by atoms with van der Waals surface area (Å²) in [6.07, 6.45) is 4.20. The van der Waals surface area contributed by atoms with Gasteiger partial charge >= 0.3 is 5.97 Å². The smallest absolute Gasteiger partial charge is 0.328 e. The highest BCUT2D eigenvalue weighted by molar-refractivity contribution is 6.23. The highest BCUT2D eigenvalue weighted by Crippen LogP contribution is 2.47. The molecule has 0 N–H and O–H groups in total. The first kappa shape index (κ1) is 15.4. The van der Waals surface area contributed by atoms with Crippen LogP contribution in [0.2, 0.25) is 0 Å². The van der Waals surface area contributed by atoms with Gasteiger partial charge in [-0.3, -0.25) is 4.79 Å². The van der Waals surface area contributed by atoms with E-state index in [9.17, 15) is 10.1 Å². The lowest BCUT2D eigenvalue weighted by atomic mass is 9.67. The Morgan fingerprint density at radius 3 is 2.57 bits per heavy atom. The Hall–Kier alpha value is -1.99. The zero-order valence-corrected chi connectivity index (χ0v) is 12.6. The number of carbonyl (C=O) groups is 1. The number of esters is 1. The first-order valence-electron chi connectivity index (χ1n) is 6.54. The molecule has 1 aromatic carbocycles. The molecular formula is C16H16ClNO3. The molecule has 0 saturated carbocycles. The van der Waals surface area contributed by atoms with Crippen LogP contribution in [0.15, 0.2) is 36.4 Å². The number of hydrogen-bond acceptors (Lipinski definition) is 4. The fourth-order valence-electron chi connectivity index (χ4n) is 2.66. The van der Waals surface area contributed by atoms with Crippen LogP contribution in [0, 0.1) is 16.7 Å². The number of benzene rings is 1. The Labute approximate surface area is 128 Å². The Balaban J connectivity index is 2.51. The average molecular weight is 306 g/mol. The Kier molecular flexibility index (Phi) is 4.54. The van der Waals surface area contributed by atoms with E-state index in [0.717, 1.165) is 5.56 Å². The van der Waals surface area contributed by atoms with Gasteiger partial charge in [0.05, 0.1) is 25.7 Å². The van der Waals surface area contributed by atoms with Crippen molar-refractivity contribution in [2.45, 2.75) is 17.7 Å². The summed E-state index contributed by atoms with van der Waals surface area (Å²) in [6, 6.07) is 9.35. The number of allylic oxidation sites excluding steroid dienone is 2. The lowest BCUT2D eigenvalue weighted by molar-refractivity contribution is -0.150. The summed E-state index contributed by atoms with van der Waals surface area (Å²) in [4.78, 5) is 12.2. The van der Waals surface area contributed by atoms with E-state index in [1.165, 1.54) is 7.11 Å². The second-order valence-electron chi connectivity index (χ2n) is 4.85. The topological polar surface area (TPSA) is 59.3 Å². The largest absolute Gasteiger partial charge is 0.497 e. The lowest BCUT2D eigenvalue weighted by Gasteiger charge is -2.37. The molecule has 0 heterocycles. The predicted octanol–water partition coefficient (Wildman–Crippen LogP) is 3.03. The zero-order valence-electron chi connectivity index (χ0n) is 11.9. The summed E-state index contributed by atoms with van der Waals surface area (Å²) >= 11 is 6.32. The maximum Gasteiger partial charge on any atom is 0.328 e. The number of nitrogens with zero attached hydrogens (tertiary/aromatic N) is 1. The van der Waals surface area contributed by atoms with Gasteiger partial charge in [-0.15, -0.1) is 11.6 Å². The first-order valence-corrected chi connectivity index (χ1v) is 6.98. The van der Waals surface area contributed by atoms with Crippen molar-refractivity contribution in [3.63, 3.8) is 0 Å². The molecular weight excluding hydrogens is 290 g/mol. The molecule has 3 atom stereocenters. The highest BCUT2D eigenvalue weighted by atomic mass is 35.5. The lowest BCUT2D eigenvalue weighted by Crippen LogP contribution is -2.45. The summed E-state index contributed by atoms with van der Waals surface area (Å²) in [5.74, 6) is -0.339. The molecule has 0 amide bonds. The van der Waals surface area contributed by atoms with Gasteiger partial charge in [-0.2, -0.15) is 5.26 Å². The van der Waals surface area contributed by atoms with Crippen molar-refractivity contribution in [3.8, 4) is 11.8 Å². The van der Waals surface area contributed by atoms with Gasteiger partial charge in [0.25, 0.3) is 0 Å². The monoisotopic (exact) mass is 305 g/mol. The van der Waals surface area contributed by atoms with Gasteiger partial charge in [-0.1, -0.05) is 24.3 Å². The number of carbonyl (C=O) groups excluding carboxylic acids is 1. The van der Waals surface area contributed by atoms with Gasteiger partial charge in [0, 0.05) is 5.92 Å². The van der Waals surface area contributed by atoms with Crippen molar-refractivity contribution in [2.24, 2.45) is 5.41 Å². The molecule has 5 heteroatoms. The normalized spacial score (nSPS) is 27.7. The van der Waals surface area contributed by atoms with Crippen molar-refractivity contribution >= 4 is 17.6 Å². The van der Waals surface area contributed by atoms with Crippen LogP contribution in [0.3, 0.4) is 0 Å². The summed E-state index contributed by atoms with van der Waals surface area (Å²) in [5.41, 5.74) is -0.594. The molecule has 1 aliphatic rings. The average Bonchev–Trinajstić information content (AvgIpc) is 2.54. The van der Waals surface area contributed by atoms with Gasteiger partial charge in [-0.05, 0) is 24.1 Å². The molecule has 1 unspecified atom stereocenters. The van der Waals surface area contributed by atoms with E-state index in [1.54, 1.807) is 19.2 Å². The van der Waals surface area contributed by atoms with Crippen molar-refractivity contribution in [1.29, 1.82) is 5.26 Å². The standard InChI is InChI=1S/C16H16ClNO3/c1-20-12-8-6-11(7-9-12)13-4-3-5-14(17)16(13,10-18)15(19)21-2/h3-4,6-9,13-14H,5H2,1-2H3/t13-,14-,16?/m0/s1. The van der Waals surface area contributed by atoms with Crippen LogP contribution in [0.1, 0.15) is 17.9 Å². The molecule has 0 saturated heterocycles. The number of alkyl halides is 1. The van der Waals surface area contributed by atoms with E-state index < -0.39 is 22.7 Å². The third-order valence-corrected chi connectivity index (χ3v) is 4.36. The predicted molar refractivity (Wildman–Crippen MR) is 79.2 cm³/mol. The van der Waals surface area contributed by atoms with E-state index in [4.69, 9.17) is 21.1 Å². The summed E-state index contributed by atoms with van der Waals surface area (Å²) in [7, 11) is 2.85. The van der Waals surface area contributed by atoms with Crippen molar-refractivity contribution < 1.29 is 14.3 Å². The molecule has 1 aliphatic carbocycles. The van der Waals surface area contributed by atoms with E-state index in [2.05, 4.69) is 6.07 Å². The SMILES string of the molecule is COC(=O)C1(C#N)[C@@H](Cl)CC=C[C@H]1c1ccc(OC)cc1. The maximum absolute atomic E-state index is 12.2. The second-order valence-corrected chi connectivity index (χ2v) is 5.38. The zero-order chi connectivity index (χ0) is 15.5. The Bertz CT molecular complexity index is 591. The molecule has 0 fully saturated rings. The van der Waals surface area contributed by atoms with Crippen molar-refractivity contribution in [3.05, 3.63) is 42.0 Å². The number of hydrogen-bond donors (Lipinski definition) is 0. The third-order valence-electron chi connectivity index (χ3n) is 3.84. The Morgan fingerprint density at radius 2 is 2.05 bits per heavy atom. The third kappa shape index (κ3) is 2.50. The van der Waals surface area contributed by atoms with E-state index in [0.29, 0.717) is 12.2 Å². The minimum Gasteiger partial charge on any atom is -0.497 e. The molecule has 4 nitrogen and oxygen atoms in total. The van der Waals surface area contributed by atoms with Crippen LogP contribution in [-0.2, 0) is 9.53 Å². The molecule has 1 aromatic rings. The number of methoxy groups -OCH3 is 2. The van der Waals surface area contributed by atoms with E-state index in [-0.39, 0.29) is 0 Å². The van der Waals surface area contributed by atoms with Gasteiger partial charge in [0.15, 0.2) is 5.41 Å². The van der Waals surface area contributed by atoms with Crippen LogP contribution in [0.25, 0.3) is 0 Å². The molecule has 110 valence electrons. The van der Waals surface area contributed by atoms with Gasteiger partial charge < -0.3 is 9.47 Å². The summed E-state index contributed by atoms with van der Waals surface area (Å²) in [5, 5.41) is 9.02. The van der Waals surface area contributed by atoms with Crippen LogP contribution in [-0.4, -0.2) is 25.6 Å². The molecule has 0 bridgehead atoms. The van der Waals surface area contributed by atoms with Crippen LogP contribution < -0.4 is 4.74 Å². The molecule has 2 rings (SSSR count). The molecule has 0 aromatic heterocycles. The molecule has 0 aliphatic heterocycles. The number of ether oxygens (including phenoxy) is 2. The van der Waals surface area contributed by atoms with Gasteiger partial charge in [0.1, 0.15) is 5.75 Å². The quantitative estimate of drug-likeness (QED) is 0.489. The van der Waals surface area contributed by atoms with E-state index >= 15 is 0 Å². The number of halogens is 1. The van der Waals surface area contributed by atoms with Crippen LogP contribution in [0.4, 0.5) is 0 Å². The summed E-state index contributed by atoms with van der Waals surface area (Å²) in [6.45, 7) is 0. The Morgan fingerprint density at radius 1 is 1.38 bits per heavy atom. The fourth-order valence-corrected chi connectivity index (χ4v) is 3.04. The second kappa shape index (κ2) is 6.19. The number of nitriles is 1. The maximum atomic E-state index is 12.2. The molecule has 0 radical (unpaired) electrons.